The Bertz CT molecular complexity index is 600. The van der Waals surface area contributed by atoms with Gasteiger partial charge in [0, 0.05) is 5.69 Å². The minimum absolute atomic E-state index is 0.140. The lowest BCUT2D eigenvalue weighted by molar-refractivity contribution is -0.116. The van der Waals surface area contributed by atoms with E-state index >= 15 is 0 Å². The van der Waals surface area contributed by atoms with Crippen LogP contribution in [0.5, 0.6) is 0 Å². The monoisotopic (exact) mass is 362 g/mol. The maximum atomic E-state index is 11.9. The van der Waals surface area contributed by atoms with Crippen molar-refractivity contribution < 1.29 is 13.2 Å². The molecule has 0 fully saturated rings. The van der Waals surface area contributed by atoms with Gasteiger partial charge in [0.05, 0.1) is 9.72 Å². The summed E-state index contributed by atoms with van der Waals surface area (Å²) >= 11 is 3.31. The molecule has 0 spiro atoms. The molecule has 0 saturated carbocycles. The van der Waals surface area contributed by atoms with E-state index in [1.807, 2.05) is 13.8 Å². The van der Waals surface area contributed by atoms with Gasteiger partial charge in [0.2, 0.25) is 15.9 Å². The number of carbonyl (C=O) groups is 1. The zero-order chi connectivity index (χ0) is 15.5. The van der Waals surface area contributed by atoms with Gasteiger partial charge < -0.3 is 5.32 Å². The SMILES string of the molecule is CNS(=O)(=O)c1cc(NC(=O)C(Br)C(C)C)ccc1C. The molecule has 0 aliphatic heterocycles. The number of sulfonamides is 1. The van der Waals surface area contributed by atoms with Gasteiger partial charge in [0.1, 0.15) is 0 Å². The first kappa shape index (κ1) is 17.1. The third-order valence-corrected chi connectivity index (χ3v) is 5.88. The Morgan fingerprint density at radius 3 is 2.40 bits per heavy atom. The molecule has 0 aliphatic carbocycles. The summed E-state index contributed by atoms with van der Waals surface area (Å²) in [5.74, 6) is -0.0578. The van der Waals surface area contributed by atoms with Gasteiger partial charge in [0.15, 0.2) is 0 Å². The van der Waals surface area contributed by atoms with Crippen LogP contribution in [0, 0.1) is 12.8 Å². The summed E-state index contributed by atoms with van der Waals surface area (Å²) in [6.45, 7) is 5.55. The van der Waals surface area contributed by atoms with Crippen molar-refractivity contribution in [2.75, 3.05) is 12.4 Å². The Morgan fingerprint density at radius 1 is 1.30 bits per heavy atom. The van der Waals surface area contributed by atoms with Gasteiger partial charge in [-0.1, -0.05) is 35.8 Å². The number of amides is 1. The number of carbonyl (C=O) groups excluding carboxylic acids is 1. The molecule has 0 saturated heterocycles. The maximum Gasteiger partial charge on any atom is 0.240 e. The normalized spacial score (nSPS) is 13.3. The average Bonchev–Trinajstić information content (AvgIpc) is 2.39. The van der Waals surface area contributed by atoms with Crippen LogP contribution in [-0.2, 0) is 14.8 Å². The number of rotatable bonds is 5. The van der Waals surface area contributed by atoms with E-state index in [4.69, 9.17) is 0 Å². The maximum absolute atomic E-state index is 11.9. The highest BCUT2D eigenvalue weighted by atomic mass is 79.9. The molecular weight excluding hydrogens is 344 g/mol. The van der Waals surface area contributed by atoms with Crippen LogP contribution >= 0.6 is 15.9 Å². The molecule has 0 aromatic heterocycles. The number of nitrogens with one attached hydrogen (secondary N) is 2. The molecule has 1 rings (SSSR count). The summed E-state index contributed by atoms with van der Waals surface area (Å²) in [5.41, 5.74) is 1.08. The summed E-state index contributed by atoms with van der Waals surface area (Å²) in [7, 11) is -2.18. The molecule has 5 nitrogen and oxygen atoms in total. The summed E-state index contributed by atoms with van der Waals surface area (Å²) in [4.78, 5) is 11.8. The van der Waals surface area contributed by atoms with Crippen LogP contribution in [0.15, 0.2) is 23.1 Å². The largest absolute Gasteiger partial charge is 0.325 e. The molecule has 0 bridgehead atoms. The van der Waals surface area contributed by atoms with Crippen molar-refractivity contribution in [1.82, 2.24) is 4.72 Å². The van der Waals surface area contributed by atoms with E-state index in [9.17, 15) is 13.2 Å². The van der Waals surface area contributed by atoms with E-state index < -0.39 is 10.0 Å². The molecule has 7 heteroatoms. The lowest BCUT2D eigenvalue weighted by Gasteiger charge is -2.15. The average molecular weight is 363 g/mol. The summed E-state index contributed by atoms with van der Waals surface area (Å²) in [6, 6.07) is 4.81. The van der Waals surface area contributed by atoms with Gasteiger partial charge >= 0.3 is 0 Å². The number of hydrogen-bond acceptors (Lipinski definition) is 3. The van der Waals surface area contributed by atoms with E-state index in [0.29, 0.717) is 11.3 Å². The summed E-state index contributed by atoms with van der Waals surface area (Å²) in [6.07, 6.45) is 0. The van der Waals surface area contributed by atoms with Gasteiger partial charge in [-0.3, -0.25) is 4.79 Å². The molecule has 0 heterocycles. The quantitative estimate of drug-likeness (QED) is 0.788. The fraction of sp³-hybridized carbons (Fsp3) is 0.462. The van der Waals surface area contributed by atoms with Gasteiger partial charge in [-0.05, 0) is 37.6 Å². The second-order valence-corrected chi connectivity index (χ2v) is 7.66. The second kappa shape index (κ2) is 6.69. The molecule has 20 heavy (non-hydrogen) atoms. The van der Waals surface area contributed by atoms with Crippen molar-refractivity contribution in [2.45, 2.75) is 30.5 Å². The molecule has 0 radical (unpaired) electrons. The highest BCUT2D eigenvalue weighted by Crippen LogP contribution is 2.21. The highest BCUT2D eigenvalue weighted by molar-refractivity contribution is 9.10. The van der Waals surface area contributed by atoms with Crippen LogP contribution in [0.3, 0.4) is 0 Å². The first-order chi connectivity index (χ1) is 9.19. The zero-order valence-corrected chi connectivity index (χ0v) is 14.3. The van der Waals surface area contributed by atoms with E-state index in [1.165, 1.54) is 13.1 Å². The third-order valence-electron chi connectivity index (χ3n) is 2.85. The topological polar surface area (TPSA) is 75.3 Å². The minimum Gasteiger partial charge on any atom is -0.325 e. The first-order valence-electron chi connectivity index (χ1n) is 6.18. The predicted molar refractivity (Wildman–Crippen MR) is 83.6 cm³/mol. The molecule has 1 aromatic carbocycles. The fourth-order valence-electron chi connectivity index (χ4n) is 1.59. The van der Waals surface area contributed by atoms with Crippen LogP contribution in [-0.4, -0.2) is 26.2 Å². The van der Waals surface area contributed by atoms with Gasteiger partial charge in [-0.25, -0.2) is 13.1 Å². The van der Waals surface area contributed by atoms with Crippen LogP contribution in [0.1, 0.15) is 19.4 Å². The molecule has 1 unspecified atom stereocenters. The van der Waals surface area contributed by atoms with Crippen molar-refractivity contribution in [1.29, 1.82) is 0 Å². The molecule has 1 atom stereocenters. The van der Waals surface area contributed by atoms with Crippen molar-refractivity contribution in [3.63, 3.8) is 0 Å². The lowest BCUT2D eigenvalue weighted by atomic mass is 10.1. The molecule has 0 aliphatic rings. The second-order valence-electron chi connectivity index (χ2n) is 4.82. The molecular formula is C13H19BrN2O3S. The Labute approximate surface area is 128 Å². The predicted octanol–water partition coefficient (Wildman–Crippen LogP) is 2.26. The van der Waals surface area contributed by atoms with Gasteiger partial charge in [0.25, 0.3) is 0 Å². The smallest absolute Gasteiger partial charge is 0.240 e. The Balaban J connectivity index is 3.06. The van der Waals surface area contributed by atoms with Crippen LogP contribution < -0.4 is 10.0 Å². The number of alkyl halides is 1. The van der Waals surface area contributed by atoms with Crippen molar-refractivity contribution in [3.8, 4) is 0 Å². The van der Waals surface area contributed by atoms with E-state index in [2.05, 4.69) is 26.0 Å². The fourth-order valence-corrected chi connectivity index (χ4v) is 2.70. The Kier molecular flexibility index (Phi) is 5.73. The number of hydrogen-bond donors (Lipinski definition) is 2. The van der Waals surface area contributed by atoms with Crippen molar-refractivity contribution in [2.24, 2.45) is 5.92 Å². The third kappa shape index (κ3) is 4.04. The van der Waals surface area contributed by atoms with E-state index in [-0.39, 0.29) is 21.5 Å². The van der Waals surface area contributed by atoms with Crippen molar-refractivity contribution in [3.05, 3.63) is 23.8 Å². The number of benzene rings is 1. The lowest BCUT2D eigenvalue weighted by Crippen LogP contribution is -2.27. The van der Waals surface area contributed by atoms with Crippen LogP contribution in [0.2, 0.25) is 0 Å². The Morgan fingerprint density at radius 2 is 1.90 bits per heavy atom. The molecule has 112 valence electrons. The zero-order valence-electron chi connectivity index (χ0n) is 11.9. The summed E-state index contributed by atoms with van der Waals surface area (Å²) in [5, 5.41) is 2.71. The Hall–Kier alpha value is -0.920. The van der Waals surface area contributed by atoms with E-state index in [0.717, 1.165) is 0 Å². The molecule has 1 amide bonds. The highest BCUT2D eigenvalue weighted by Gasteiger charge is 2.20. The van der Waals surface area contributed by atoms with Crippen molar-refractivity contribution >= 4 is 37.5 Å². The summed E-state index contributed by atoms with van der Waals surface area (Å²) < 4.78 is 26.0. The number of aryl methyl sites for hydroxylation is 1. The van der Waals surface area contributed by atoms with Crippen LogP contribution in [0.4, 0.5) is 5.69 Å². The molecule has 2 N–H and O–H groups in total. The van der Waals surface area contributed by atoms with Crippen LogP contribution in [0.25, 0.3) is 0 Å². The van der Waals surface area contributed by atoms with E-state index in [1.54, 1.807) is 19.1 Å². The van der Waals surface area contributed by atoms with Gasteiger partial charge in [-0.15, -0.1) is 0 Å². The number of halogens is 1. The minimum atomic E-state index is -3.54. The standard InChI is InChI=1S/C13H19BrN2O3S/c1-8(2)12(14)13(17)16-10-6-5-9(3)11(7-10)20(18,19)15-4/h5-8,12,15H,1-4H3,(H,16,17). The number of anilines is 1. The first-order valence-corrected chi connectivity index (χ1v) is 8.58. The molecule has 1 aromatic rings. The van der Waals surface area contributed by atoms with Gasteiger partial charge in [-0.2, -0.15) is 0 Å².